The zero-order valence-corrected chi connectivity index (χ0v) is 11.6. The standard InChI is InChI=1S/C15H19F2N3/c1-18-15(20-7-2-3-8-20)19-13-9-10(13)14-11(16)5-4-6-12(14)17/h4-6,10,13H,2-3,7-9H2,1H3,(H,18,19). The quantitative estimate of drug-likeness (QED) is 0.665. The molecule has 2 aliphatic rings. The minimum Gasteiger partial charge on any atom is -0.353 e. The first-order valence-electron chi connectivity index (χ1n) is 7.13. The Balaban J connectivity index is 1.67. The number of nitrogens with one attached hydrogen (secondary N) is 1. The molecule has 1 saturated carbocycles. The van der Waals surface area contributed by atoms with Gasteiger partial charge >= 0.3 is 0 Å². The van der Waals surface area contributed by atoms with Gasteiger partial charge in [0.25, 0.3) is 0 Å². The summed E-state index contributed by atoms with van der Waals surface area (Å²) in [5.41, 5.74) is 0.210. The molecular weight excluding hydrogens is 260 g/mol. The molecule has 0 amide bonds. The van der Waals surface area contributed by atoms with E-state index in [2.05, 4.69) is 15.2 Å². The summed E-state index contributed by atoms with van der Waals surface area (Å²) in [5.74, 6) is -0.131. The van der Waals surface area contributed by atoms with Crippen LogP contribution in [-0.2, 0) is 0 Å². The van der Waals surface area contributed by atoms with Crippen LogP contribution >= 0.6 is 0 Å². The van der Waals surface area contributed by atoms with Gasteiger partial charge in [0.2, 0.25) is 0 Å². The summed E-state index contributed by atoms with van der Waals surface area (Å²) < 4.78 is 27.5. The van der Waals surface area contributed by atoms with E-state index < -0.39 is 11.6 Å². The Bertz CT molecular complexity index is 504. The smallest absolute Gasteiger partial charge is 0.193 e. The maximum Gasteiger partial charge on any atom is 0.193 e. The van der Waals surface area contributed by atoms with Crippen molar-refractivity contribution in [3.63, 3.8) is 0 Å². The Labute approximate surface area is 117 Å². The Kier molecular flexibility index (Phi) is 3.59. The fourth-order valence-corrected chi connectivity index (χ4v) is 2.93. The molecule has 0 radical (unpaired) electrons. The van der Waals surface area contributed by atoms with E-state index >= 15 is 0 Å². The van der Waals surface area contributed by atoms with Gasteiger partial charge in [-0.15, -0.1) is 0 Å². The lowest BCUT2D eigenvalue weighted by Gasteiger charge is -2.21. The Morgan fingerprint density at radius 3 is 2.50 bits per heavy atom. The van der Waals surface area contributed by atoms with Crippen molar-refractivity contribution in [2.75, 3.05) is 20.1 Å². The maximum atomic E-state index is 13.7. The Morgan fingerprint density at radius 1 is 1.25 bits per heavy atom. The summed E-state index contributed by atoms with van der Waals surface area (Å²) >= 11 is 0. The molecule has 1 N–H and O–H groups in total. The molecule has 0 spiro atoms. The van der Waals surface area contributed by atoms with E-state index in [1.807, 2.05) is 0 Å². The molecule has 1 aliphatic carbocycles. The topological polar surface area (TPSA) is 27.6 Å². The molecule has 1 aromatic carbocycles. The molecule has 20 heavy (non-hydrogen) atoms. The summed E-state index contributed by atoms with van der Waals surface area (Å²) in [6, 6.07) is 4.13. The normalized spacial score (nSPS) is 25.9. The summed E-state index contributed by atoms with van der Waals surface area (Å²) in [4.78, 5) is 6.47. The highest BCUT2D eigenvalue weighted by atomic mass is 19.1. The van der Waals surface area contributed by atoms with Gasteiger partial charge in [-0.1, -0.05) is 6.07 Å². The van der Waals surface area contributed by atoms with Crippen molar-refractivity contribution in [3.05, 3.63) is 35.4 Å². The van der Waals surface area contributed by atoms with E-state index in [0.29, 0.717) is 0 Å². The molecular formula is C15H19F2N3. The summed E-state index contributed by atoms with van der Waals surface area (Å²) in [7, 11) is 1.75. The molecule has 2 atom stereocenters. The molecule has 3 nitrogen and oxygen atoms in total. The van der Waals surface area contributed by atoms with Crippen LogP contribution in [-0.4, -0.2) is 37.0 Å². The Morgan fingerprint density at radius 2 is 1.90 bits per heavy atom. The van der Waals surface area contributed by atoms with E-state index in [0.717, 1.165) is 25.5 Å². The number of rotatable bonds is 2. The highest BCUT2D eigenvalue weighted by Crippen LogP contribution is 2.43. The predicted molar refractivity (Wildman–Crippen MR) is 74.8 cm³/mol. The van der Waals surface area contributed by atoms with Gasteiger partial charge < -0.3 is 10.2 Å². The van der Waals surface area contributed by atoms with Gasteiger partial charge in [-0.3, -0.25) is 4.99 Å². The second-order valence-electron chi connectivity index (χ2n) is 5.47. The first kappa shape index (κ1) is 13.3. The lowest BCUT2D eigenvalue weighted by Crippen LogP contribution is -2.41. The van der Waals surface area contributed by atoms with Gasteiger partial charge in [0.1, 0.15) is 11.6 Å². The fourth-order valence-electron chi connectivity index (χ4n) is 2.93. The van der Waals surface area contributed by atoms with Crippen molar-refractivity contribution >= 4 is 5.96 Å². The van der Waals surface area contributed by atoms with Crippen molar-refractivity contribution in [3.8, 4) is 0 Å². The average Bonchev–Trinajstić information content (AvgIpc) is 2.96. The van der Waals surface area contributed by atoms with Crippen molar-refractivity contribution in [1.29, 1.82) is 0 Å². The van der Waals surface area contributed by atoms with Crippen LogP contribution in [0.1, 0.15) is 30.7 Å². The van der Waals surface area contributed by atoms with Gasteiger partial charge in [-0.2, -0.15) is 0 Å². The molecule has 1 saturated heterocycles. The second-order valence-corrected chi connectivity index (χ2v) is 5.47. The van der Waals surface area contributed by atoms with E-state index in [1.165, 1.54) is 31.0 Å². The summed E-state index contributed by atoms with van der Waals surface area (Å²) in [6.45, 7) is 2.01. The van der Waals surface area contributed by atoms with Crippen molar-refractivity contribution < 1.29 is 8.78 Å². The molecule has 3 rings (SSSR count). The number of aliphatic imine (C=N–C) groups is 1. The molecule has 5 heteroatoms. The zero-order chi connectivity index (χ0) is 14.1. The van der Waals surface area contributed by atoms with Crippen LogP contribution in [0.2, 0.25) is 0 Å². The van der Waals surface area contributed by atoms with Crippen LogP contribution in [0.25, 0.3) is 0 Å². The number of nitrogens with zero attached hydrogens (tertiary/aromatic N) is 2. The number of halogens is 2. The van der Waals surface area contributed by atoms with Gasteiger partial charge in [0.05, 0.1) is 0 Å². The first-order valence-corrected chi connectivity index (χ1v) is 7.13. The number of hydrogen-bond donors (Lipinski definition) is 1. The highest BCUT2D eigenvalue weighted by Gasteiger charge is 2.42. The number of likely N-dealkylation sites (tertiary alicyclic amines) is 1. The summed E-state index contributed by atoms with van der Waals surface area (Å²) in [6.07, 6.45) is 3.11. The largest absolute Gasteiger partial charge is 0.353 e. The maximum absolute atomic E-state index is 13.7. The van der Waals surface area contributed by atoms with Crippen LogP contribution in [0.4, 0.5) is 8.78 Å². The number of guanidine groups is 1. The van der Waals surface area contributed by atoms with Crippen molar-refractivity contribution in [2.45, 2.75) is 31.2 Å². The Hall–Kier alpha value is -1.65. The minimum atomic E-state index is -0.449. The second kappa shape index (κ2) is 5.38. The van der Waals surface area contributed by atoms with E-state index in [1.54, 1.807) is 7.05 Å². The molecule has 108 valence electrons. The molecule has 2 unspecified atom stereocenters. The monoisotopic (exact) mass is 279 g/mol. The summed E-state index contributed by atoms with van der Waals surface area (Å²) in [5, 5.41) is 3.33. The van der Waals surface area contributed by atoms with Crippen LogP contribution in [0, 0.1) is 11.6 Å². The van der Waals surface area contributed by atoms with E-state index in [-0.39, 0.29) is 17.5 Å². The molecule has 0 aromatic heterocycles. The number of hydrogen-bond acceptors (Lipinski definition) is 1. The predicted octanol–water partition coefficient (Wildman–Crippen LogP) is 2.49. The molecule has 1 aromatic rings. The molecule has 1 heterocycles. The van der Waals surface area contributed by atoms with Crippen LogP contribution < -0.4 is 5.32 Å². The SMILES string of the molecule is CN=C(NC1CC1c1c(F)cccc1F)N1CCCC1. The lowest BCUT2D eigenvalue weighted by atomic mass is 10.1. The highest BCUT2D eigenvalue weighted by molar-refractivity contribution is 5.81. The fraction of sp³-hybridized carbons (Fsp3) is 0.533. The lowest BCUT2D eigenvalue weighted by molar-refractivity contribution is 0.491. The third kappa shape index (κ3) is 2.49. The van der Waals surface area contributed by atoms with Gasteiger partial charge in [-0.25, -0.2) is 8.78 Å². The van der Waals surface area contributed by atoms with Gasteiger partial charge in [0, 0.05) is 37.7 Å². The first-order chi connectivity index (χ1) is 9.70. The van der Waals surface area contributed by atoms with Gasteiger partial charge in [-0.05, 0) is 31.4 Å². The molecule has 2 fully saturated rings. The van der Waals surface area contributed by atoms with Gasteiger partial charge in [0.15, 0.2) is 5.96 Å². The van der Waals surface area contributed by atoms with Crippen LogP contribution in [0.3, 0.4) is 0 Å². The van der Waals surface area contributed by atoms with Crippen molar-refractivity contribution in [1.82, 2.24) is 10.2 Å². The molecule has 0 bridgehead atoms. The third-order valence-corrected chi connectivity index (χ3v) is 4.09. The zero-order valence-electron chi connectivity index (χ0n) is 11.6. The van der Waals surface area contributed by atoms with E-state index in [9.17, 15) is 8.78 Å². The van der Waals surface area contributed by atoms with E-state index in [4.69, 9.17) is 0 Å². The molecule has 1 aliphatic heterocycles. The third-order valence-electron chi connectivity index (χ3n) is 4.09. The van der Waals surface area contributed by atoms with Crippen LogP contribution in [0.15, 0.2) is 23.2 Å². The van der Waals surface area contributed by atoms with Crippen molar-refractivity contribution in [2.24, 2.45) is 4.99 Å². The van der Waals surface area contributed by atoms with Crippen LogP contribution in [0.5, 0.6) is 0 Å². The number of benzene rings is 1. The average molecular weight is 279 g/mol. The minimum absolute atomic E-state index is 0.0840.